The minimum absolute atomic E-state index is 0.181. The number of carbonyl (C=O) groups excluding carboxylic acids is 1. The molecule has 2 aromatic rings. The fourth-order valence-corrected chi connectivity index (χ4v) is 2.06. The van der Waals surface area contributed by atoms with E-state index in [9.17, 15) is 4.79 Å². The monoisotopic (exact) mass is 276 g/mol. The average molecular weight is 276 g/mol. The zero-order valence-electron chi connectivity index (χ0n) is 11.8. The van der Waals surface area contributed by atoms with Gasteiger partial charge in [-0.05, 0) is 25.5 Å². The van der Waals surface area contributed by atoms with Crippen LogP contribution in [0.3, 0.4) is 0 Å². The van der Waals surface area contributed by atoms with Gasteiger partial charge in [0.05, 0.1) is 24.2 Å². The van der Waals surface area contributed by atoms with Gasteiger partial charge in [0.2, 0.25) is 0 Å². The number of nitrogens with one attached hydrogen (secondary N) is 1. The van der Waals surface area contributed by atoms with E-state index in [1.165, 1.54) is 0 Å². The molecule has 0 unspecified atom stereocenters. The number of carbonyl (C=O) groups is 1. The molecule has 0 spiro atoms. The van der Waals surface area contributed by atoms with Crippen molar-refractivity contribution >= 4 is 11.6 Å². The van der Waals surface area contributed by atoms with Gasteiger partial charge in [0, 0.05) is 6.54 Å². The van der Waals surface area contributed by atoms with E-state index in [0.717, 1.165) is 24.3 Å². The number of furan rings is 1. The largest absolute Gasteiger partial charge is 0.467 e. The molecule has 6 heteroatoms. The van der Waals surface area contributed by atoms with Crippen molar-refractivity contribution in [1.29, 1.82) is 0 Å². The van der Waals surface area contributed by atoms with Crippen molar-refractivity contribution in [3.8, 4) is 0 Å². The van der Waals surface area contributed by atoms with Crippen LogP contribution in [0.4, 0.5) is 5.69 Å². The fourth-order valence-electron chi connectivity index (χ4n) is 2.06. The number of rotatable bonds is 6. The highest BCUT2D eigenvalue weighted by Crippen LogP contribution is 2.18. The number of H-pyrrole nitrogens is 1. The lowest BCUT2D eigenvalue weighted by molar-refractivity contribution is 0.0736. The quantitative estimate of drug-likeness (QED) is 0.846. The second-order valence-corrected chi connectivity index (χ2v) is 4.61. The molecule has 108 valence electrons. The molecule has 2 heterocycles. The van der Waals surface area contributed by atoms with Crippen LogP contribution >= 0.6 is 0 Å². The molecule has 0 aliphatic heterocycles. The summed E-state index contributed by atoms with van der Waals surface area (Å²) in [5.41, 5.74) is 7.56. The zero-order chi connectivity index (χ0) is 14.5. The lowest BCUT2D eigenvalue weighted by Gasteiger charge is -2.18. The first-order valence-electron chi connectivity index (χ1n) is 6.81. The van der Waals surface area contributed by atoms with Crippen LogP contribution in [0.2, 0.25) is 0 Å². The van der Waals surface area contributed by atoms with Crippen molar-refractivity contribution in [1.82, 2.24) is 15.1 Å². The molecule has 0 bridgehead atoms. The van der Waals surface area contributed by atoms with Gasteiger partial charge < -0.3 is 15.1 Å². The summed E-state index contributed by atoms with van der Waals surface area (Å²) in [5.74, 6) is 0.558. The first-order chi connectivity index (χ1) is 9.67. The van der Waals surface area contributed by atoms with Crippen LogP contribution in [-0.4, -0.2) is 27.5 Å². The second kappa shape index (κ2) is 6.27. The second-order valence-electron chi connectivity index (χ2n) is 4.61. The molecular weight excluding hydrogens is 256 g/mol. The lowest BCUT2D eigenvalue weighted by atomic mass is 10.2. The molecule has 0 saturated heterocycles. The summed E-state index contributed by atoms with van der Waals surface area (Å²) < 4.78 is 5.27. The van der Waals surface area contributed by atoms with Crippen LogP contribution in [0.5, 0.6) is 0 Å². The van der Waals surface area contributed by atoms with Crippen LogP contribution in [-0.2, 0) is 13.0 Å². The summed E-state index contributed by atoms with van der Waals surface area (Å²) in [4.78, 5) is 14.1. The summed E-state index contributed by atoms with van der Waals surface area (Å²) in [6.45, 7) is 4.94. The van der Waals surface area contributed by atoms with Gasteiger partial charge >= 0.3 is 0 Å². The van der Waals surface area contributed by atoms with Gasteiger partial charge in [0.1, 0.15) is 5.76 Å². The molecule has 20 heavy (non-hydrogen) atoms. The minimum Gasteiger partial charge on any atom is -0.467 e. The third-order valence-corrected chi connectivity index (χ3v) is 3.18. The maximum absolute atomic E-state index is 12.5. The number of nitrogen functional groups attached to an aromatic ring is 1. The predicted molar refractivity (Wildman–Crippen MR) is 76.1 cm³/mol. The Morgan fingerprint density at radius 2 is 2.30 bits per heavy atom. The molecule has 0 atom stereocenters. The van der Waals surface area contributed by atoms with Crippen LogP contribution in [0, 0.1) is 0 Å². The highest BCUT2D eigenvalue weighted by atomic mass is 16.3. The highest BCUT2D eigenvalue weighted by molar-refractivity contribution is 5.97. The SMILES string of the molecule is CCCc1[nH]nc(C(=O)N(CC)Cc2ccco2)c1N. The van der Waals surface area contributed by atoms with E-state index in [1.807, 2.05) is 13.0 Å². The van der Waals surface area contributed by atoms with E-state index in [0.29, 0.717) is 24.5 Å². The molecule has 0 radical (unpaired) electrons. The van der Waals surface area contributed by atoms with Crippen LogP contribution < -0.4 is 5.73 Å². The van der Waals surface area contributed by atoms with Crippen molar-refractivity contribution in [2.75, 3.05) is 12.3 Å². The summed E-state index contributed by atoms with van der Waals surface area (Å²) in [6, 6.07) is 3.64. The first-order valence-corrected chi connectivity index (χ1v) is 6.81. The Balaban J connectivity index is 2.16. The molecule has 0 aliphatic carbocycles. The Morgan fingerprint density at radius 3 is 2.90 bits per heavy atom. The van der Waals surface area contributed by atoms with Crippen molar-refractivity contribution in [2.24, 2.45) is 0 Å². The Hall–Kier alpha value is -2.24. The summed E-state index contributed by atoms with van der Waals surface area (Å²) in [5, 5.41) is 6.91. The number of aromatic amines is 1. The zero-order valence-corrected chi connectivity index (χ0v) is 11.8. The molecular formula is C14H20N4O2. The number of hydrogen-bond acceptors (Lipinski definition) is 4. The number of aromatic nitrogens is 2. The maximum Gasteiger partial charge on any atom is 0.276 e. The van der Waals surface area contributed by atoms with Crippen LogP contribution in [0.15, 0.2) is 22.8 Å². The standard InChI is InChI=1S/C14H20N4O2/c1-3-6-11-12(15)13(17-16-11)14(19)18(4-2)9-10-7-5-8-20-10/h5,7-8H,3-4,6,9,15H2,1-2H3,(H,16,17). The van der Waals surface area contributed by atoms with E-state index >= 15 is 0 Å². The van der Waals surface area contributed by atoms with Crippen molar-refractivity contribution in [3.05, 3.63) is 35.5 Å². The first kappa shape index (κ1) is 14.2. The number of anilines is 1. The Morgan fingerprint density at radius 1 is 1.50 bits per heavy atom. The minimum atomic E-state index is -0.181. The molecule has 0 aromatic carbocycles. The molecule has 0 fully saturated rings. The normalized spacial score (nSPS) is 10.7. The summed E-state index contributed by atoms with van der Waals surface area (Å²) in [7, 11) is 0. The van der Waals surface area contributed by atoms with Gasteiger partial charge in [-0.3, -0.25) is 9.89 Å². The van der Waals surface area contributed by atoms with Gasteiger partial charge in [0.15, 0.2) is 5.69 Å². The van der Waals surface area contributed by atoms with E-state index in [-0.39, 0.29) is 5.91 Å². The summed E-state index contributed by atoms with van der Waals surface area (Å²) >= 11 is 0. The number of hydrogen-bond donors (Lipinski definition) is 2. The average Bonchev–Trinajstić information content (AvgIpc) is 3.07. The molecule has 3 N–H and O–H groups in total. The van der Waals surface area contributed by atoms with Gasteiger partial charge in [-0.1, -0.05) is 13.3 Å². The number of nitrogens with zero attached hydrogens (tertiary/aromatic N) is 2. The van der Waals surface area contributed by atoms with Crippen molar-refractivity contribution < 1.29 is 9.21 Å². The smallest absolute Gasteiger partial charge is 0.276 e. The summed E-state index contributed by atoms with van der Waals surface area (Å²) in [6.07, 6.45) is 3.33. The molecule has 2 rings (SSSR count). The number of aryl methyl sites for hydroxylation is 1. The third kappa shape index (κ3) is 2.84. The Bertz CT molecular complexity index is 560. The number of nitrogens with two attached hydrogens (primary N) is 1. The van der Waals surface area contributed by atoms with E-state index in [4.69, 9.17) is 10.2 Å². The third-order valence-electron chi connectivity index (χ3n) is 3.18. The van der Waals surface area contributed by atoms with Crippen molar-refractivity contribution in [3.63, 3.8) is 0 Å². The Labute approximate surface area is 117 Å². The van der Waals surface area contributed by atoms with Crippen LogP contribution in [0.1, 0.15) is 42.2 Å². The lowest BCUT2D eigenvalue weighted by Crippen LogP contribution is -2.31. The fraction of sp³-hybridized carbons (Fsp3) is 0.429. The van der Waals surface area contributed by atoms with E-state index in [1.54, 1.807) is 17.2 Å². The Kier molecular flexibility index (Phi) is 4.45. The van der Waals surface area contributed by atoms with E-state index in [2.05, 4.69) is 17.1 Å². The topological polar surface area (TPSA) is 88.2 Å². The molecule has 2 aromatic heterocycles. The number of amides is 1. The van der Waals surface area contributed by atoms with Gasteiger partial charge in [-0.15, -0.1) is 0 Å². The predicted octanol–water partition coefficient (Wildman–Crippen LogP) is 2.20. The van der Waals surface area contributed by atoms with E-state index < -0.39 is 0 Å². The van der Waals surface area contributed by atoms with Gasteiger partial charge in [-0.2, -0.15) is 5.10 Å². The van der Waals surface area contributed by atoms with Crippen LogP contribution in [0.25, 0.3) is 0 Å². The van der Waals surface area contributed by atoms with Crippen molar-refractivity contribution in [2.45, 2.75) is 33.2 Å². The maximum atomic E-state index is 12.5. The molecule has 0 saturated carbocycles. The molecule has 6 nitrogen and oxygen atoms in total. The highest BCUT2D eigenvalue weighted by Gasteiger charge is 2.22. The molecule has 1 amide bonds. The molecule has 0 aliphatic rings. The van der Waals surface area contributed by atoms with Gasteiger partial charge in [-0.25, -0.2) is 0 Å². The van der Waals surface area contributed by atoms with Gasteiger partial charge in [0.25, 0.3) is 5.91 Å².